The Balaban J connectivity index is 0. The molecule has 0 aliphatic rings. The third-order valence-corrected chi connectivity index (χ3v) is 5.25. The average molecular weight is 535 g/mol. The molecule has 0 bridgehead atoms. The summed E-state index contributed by atoms with van der Waals surface area (Å²) in [5.41, 5.74) is 16.2. The number of benzene rings is 2. The highest BCUT2D eigenvalue weighted by atomic mass is 35.5. The van der Waals surface area contributed by atoms with Gasteiger partial charge in [-0.3, -0.25) is 0 Å². The minimum atomic E-state index is -1.13. The van der Waals surface area contributed by atoms with Gasteiger partial charge < -0.3 is 21.5 Å². The van der Waals surface area contributed by atoms with Crippen molar-refractivity contribution in [1.82, 2.24) is 0 Å². The molecule has 36 heavy (non-hydrogen) atoms. The quantitative estimate of drug-likeness (QED) is 0.239. The molecule has 0 unspecified atom stereocenters. The third-order valence-electron chi connectivity index (χ3n) is 4.63. The number of rotatable bonds is 6. The van der Waals surface area contributed by atoms with Gasteiger partial charge in [-0.1, -0.05) is 72.2 Å². The molecular weight excluding hydrogens is 494 g/mol. The van der Waals surface area contributed by atoms with E-state index in [4.69, 9.17) is 55.2 Å². The van der Waals surface area contributed by atoms with Gasteiger partial charge in [-0.25, -0.2) is 0 Å². The van der Waals surface area contributed by atoms with E-state index < -0.39 is 7.12 Å². The first-order valence-electron chi connectivity index (χ1n) is 11.5. The van der Waals surface area contributed by atoms with Crippen molar-refractivity contribution < 1.29 is 10.0 Å². The maximum atomic E-state index is 9.05. The van der Waals surface area contributed by atoms with Crippen molar-refractivity contribution in [2.75, 3.05) is 11.5 Å². The van der Waals surface area contributed by atoms with Gasteiger partial charge in [0.15, 0.2) is 0 Å². The lowest BCUT2D eigenvalue weighted by atomic mass is 9.80. The van der Waals surface area contributed by atoms with E-state index in [1.807, 2.05) is 32.0 Å². The van der Waals surface area contributed by atoms with Gasteiger partial charge in [0.2, 0.25) is 0 Å². The van der Waals surface area contributed by atoms with Crippen LogP contribution in [0.25, 0.3) is 0 Å². The summed E-state index contributed by atoms with van der Waals surface area (Å²) >= 11 is 11.3. The minimum absolute atomic E-state index is 0. The smallest absolute Gasteiger partial charge is 0.427 e. The Labute approximate surface area is 228 Å². The van der Waals surface area contributed by atoms with Crippen molar-refractivity contribution in [2.24, 2.45) is 17.8 Å². The van der Waals surface area contributed by atoms with E-state index in [1.165, 1.54) is 12.1 Å². The fraction of sp³-hybridized carbons (Fsp3) is 0.481. The van der Waals surface area contributed by atoms with Gasteiger partial charge in [-0.15, -0.1) is 0 Å². The predicted molar refractivity (Wildman–Crippen MR) is 155 cm³/mol. The molecule has 0 atom stereocenters. The van der Waals surface area contributed by atoms with Crippen LogP contribution in [0.15, 0.2) is 24.3 Å². The Morgan fingerprint density at radius 3 is 1.36 bits per heavy atom. The van der Waals surface area contributed by atoms with Crippen LogP contribution in [0.2, 0.25) is 16.4 Å². The van der Waals surface area contributed by atoms with Crippen molar-refractivity contribution in [1.29, 1.82) is 10.5 Å². The molecule has 0 saturated heterocycles. The topological polar surface area (TPSA) is 140 Å². The van der Waals surface area contributed by atoms with Crippen molar-refractivity contribution >= 4 is 41.7 Å². The fourth-order valence-corrected chi connectivity index (χ4v) is 3.62. The van der Waals surface area contributed by atoms with Crippen molar-refractivity contribution in [3.63, 3.8) is 0 Å². The molecule has 0 radical (unpaired) electrons. The highest BCUT2D eigenvalue weighted by molar-refractivity contribution is 6.41. The van der Waals surface area contributed by atoms with E-state index in [2.05, 4.69) is 33.8 Å². The molecule has 9 heteroatoms. The zero-order valence-corrected chi connectivity index (χ0v) is 23.0. The third kappa shape index (κ3) is 14.2. The highest BCUT2D eigenvalue weighted by Crippen LogP contribution is 2.28. The molecular formula is C27H41BCl2N4O2. The molecule has 0 spiro atoms. The maximum absolute atomic E-state index is 9.05. The Morgan fingerprint density at radius 1 is 0.750 bits per heavy atom. The van der Waals surface area contributed by atoms with Crippen molar-refractivity contribution in [3.05, 3.63) is 56.6 Å². The van der Waals surface area contributed by atoms with Crippen LogP contribution < -0.4 is 11.5 Å². The standard InChI is InChI=1S/C15H22N2.C7H4Cl2N2.C4H11BO2.CH4/c1-10(2)5-13-7-12(9-16)8-14(15(13)17)6-11(3)4;8-5-1-4(3-10)2-6(9)7(5)11;1-4(2)3-5(6)7;/h7-8,10-11H,5-6,17H2,1-4H3;1-2H,11H2;4,6-7H,3H2,1-2H3;1H4. The first-order chi connectivity index (χ1) is 16.2. The molecule has 6 nitrogen and oxygen atoms in total. The molecule has 2 aromatic carbocycles. The monoisotopic (exact) mass is 534 g/mol. The van der Waals surface area contributed by atoms with Crippen LogP contribution in [-0.2, 0) is 12.8 Å². The average Bonchev–Trinajstić information content (AvgIpc) is 2.73. The van der Waals surface area contributed by atoms with Crippen LogP contribution in [-0.4, -0.2) is 17.2 Å². The van der Waals surface area contributed by atoms with Crippen LogP contribution in [0.5, 0.6) is 0 Å². The Kier molecular flexibility index (Phi) is 17.8. The number of anilines is 2. The second-order valence-electron chi connectivity index (χ2n) is 9.59. The zero-order chi connectivity index (χ0) is 27.3. The number of nitrogens with two attached hydrogens (primary N) is 2. The number of nitrogen functional groups attached to an aromatic ring is 2. The first-order valence-corrected chi connectivity index (χ1v) is 12.3. The minimum Gasteiger partial charge on any atom is -0.427 e. The van der Waals surface area contributed by atoms with E-state index in [0.717, 1.165) is 35.2 Å². The highest BCUT2D eigenvalue weighted by Gasteiger charge is 2.11. The second kappa shape index (κ2) is 17.9. The fourth-order valence-electron chi connectivity index (χ4n) is 3.13. The molecule has 0 aliphatic carbocycles. The van der Waals surface area contributed by atoms with Crippen LogP contribution in [0, 0.1) is 40.4 Å². The molecule has 0 aromatic heterocycles. The van der Waals surface area contributed by atoms with E-state index in [-0.39, 0.29) is 7.43 Å². The summed E-state index contributed by atoms with van der Waals surface area (Å²) in [6, 6.07) is 10.9. The molecule has 0 saturated carbocycles. The summed E-state index contributed by atoms with van der Waals surface area (Å²) < 4.78 is 0. The van der Waals surface area contributed by atoms with E-state index in [0.29, 0.717) is 45.4 Å². The summed E-state index contributed by atoms with van der Waals surface area (Å²) in [6.07, 6.45) is 2.35. The van der Waals surface area contributed by atoms with Crippen LogP contribution in [0.1, 0.15) is 71.2 Å². The molecule has 6 N–H and O–H groups in total. The number of halogens is 2. The number of nitrogens with zero attached hydrogens (tertiary/aromatic N) is 2. The van der Waals surface area contributed by atoms with Gasteiger partial charge in [-0.2, -0.15) is 10.5 Å². The van der Waals surface area contributed by atoms with Crippen molar-refractivity contribution in [2.45, 2.75) is 68.1 Å². The predicted octanol–water partition coefficient (Wildman–Crippen LogP) is 6.74. The number of nitriles is 2. The van der Waals surface area contributed by atoms with Gasteiger partial charge in [0, 0.05) is 5.69 Å². The Hall–Kier alpha value is -2.42. The van der Waals surface area contributed by atoms with Crippen LogP contribution >= 0.6 is 23.2 Å². The SMILES string of the molecule is C.CC(C)CB(O)O.CC(C)Cc1cc(C#N)cc(CC(C)C)c1N.N#Cc1cc(Cl)c(N)c(Cl)c1. The summed E-state index contributed by atoms with van der Waals surface area (Å²) in [5.74, 6) is 1.48. The van der Waals surface area contributed by atoms with E-state index in [9.17, 15) is 0 Å². The molecule has 0 fully saturated rings. The van der Waals surface area contributed by atoms with Gasteiger partial charge in [0.05, 0.1) is 39.0 Å². The summed E-state index contributed by atoms with van der Waals surface area (Å²) in [7, 11) is -1.13. The molecule has 2 rings (SSSR count). The lowest BCUT2D eigenvalue weighted by Crippen LogP contribution is -2.12. The van der Waals surface area contributed by atoms with Gasteiger partial charge >= 0.3 is 7.12 Å². The summed E-state index contributed by atoms with van der Waals surface area (Å²) in [5, 5.41) is 34.7. The van der Waals surface area contributed by atoms with Crippen LogP contribution in [0.4, 0.5) is 11.4 Å². The lowest BCUT2D eigenvalue weighted by Gasteiger charge is -2.15. The maximum Gasteiger partial charge on any atom is 0.451 e. The van der Waals surface area contributed by atoms with Crippen LogP contribution in [0.3, 0.4) is 0 Å². The molecule has 0 aliphatic heterocycles. The normalized spacial score (nSPS) is 9.86. The van der Waals surface area contributed by atoms with Crippen molar-refractivity contribution in [3.8, 4) is 12.1 Å². The van der Waals surface area contributed by atoms with E-state index >= 15 is 0 Å². The second-order valence-corrected chi connectivity index (χ2v) is 10.4. The Morgan fingerprint density at radius 2 is 1.11 bits per heavy atom. The van der Waals surface area contributed by atoms with E-state index in [1.54, 1.807) is 0 Å². The number of hydrogen-bond donors (Lipinski definition) is 4. The zero-order valence-electron chi connectivity index (χ0n) is 21.4. The number of hydrogen-bond acceptors (Lipinski definition) is 6. The largest absolute Gasteiger partial charge is 0.451 e. The molecule has 0 heterocycles. The summed E-state index contributed by atoms with van der Waals surface area (Å²) in [6.45, 7) is 12.6. The van der Waals surface area contributed by atoms with Gasteiger partial charge in [0.25, 0.3) is 0 Å². The molecule has 2 aromatic rings. The Bertz CT molecular complexity index is 969. The molecule has 0 amide bonds. The first kappa shape index (κ1) is 35.7. The summed E-state index contributed by atoms with van der Waals surface area (Å²) in [4.78, 5) is 0. The molecule has 198 valence electrons. The van der Waals surface area contributed by atoms with Gasteiger partial charge in [-0.05, 0) is 72.3 Å². The van der Waals surface area contributed by atoms with Gasteiger partial charge in [0.1, 0.15) is 0 Å². The lowest BCUT2D eigenvalue weighted by molar-refractivity contribution is 0.394.